The third kappa shape index (κ3) is 5.41. The van der Waals surface area contributed by atoms with Gasteiger partial charge in [-0.3, -0.25) is 19.7 Å². The van der Waals surface area contributed by atoms with E-state index in [-0.39, 0.29) is 12.3 Å². The summed E-state index contributed by atoms with van der Waals surface area (Å²) in [5.41, 5.74) is 1.13. The largest absolute Gasteiger partial charge is 0.300 e. The zero-order valence-corrected chi connectivity index (χ0v) is 15.8. The lowest BCUT2D eigenvalue weighted by atomic mass is 10.2. The van der Waals surface area contributed by atoms with Crippen LogP contribution in [0.3, 0.4) is 0 Å². The number of imide groups is 1. The van der Waals surface area contributed by atoms with Gasteiger partial charge in [0, 0.05) is 12.2 Å². The Morgan fingerprint density at radius 3 is 2.81 bits per heavy atom. The Balaban J connectivity index is 1.44. The highest BCUT2D eigenvalue weighted by molar-refractivity contribution is 8.15. The summed E-state index contributed by atoms with van der Waals surface area (Å²) in [6.45, 7) is 0. The van der Waals surface area contributed by atoms with E-state index in [0.29, 0.717) is 5.13 Å². The number of rotatable bonds is 7. The minimum atomic E-state index is -0.688. The van der Waals surface area contributed by atoms with Gasteiger partial charge in [-0.05, 0) is 5.56 Å². The van der Waals surface area contributed by atoms with E-state index in [1.54, 1.807) is 0 Å². The summed E-state index contributed by atoms with van der Waals surface area (Å²) in [6.07, 6.45) is 3.99. The summed E-state index contributed by atoms with van der Waals surface area (Å²) in [4.78, 5) is 34.5. The van der Waals surface area contributed by atoms with Crippen LogP contribution in [-0.4, -0.2) is 38.3 Å². The molecule has 1 atom stereocenters. The van der Waals surface area contributed by atoms with Crippen molar-refractivity contribution in [2.75, 3.05) is 11.1 Å². The molecule has 0 radical (unpaired) electrons. The number of nitrogens with one attached hydrogen (secondary N) is 2. The van der Waals surface area contributed by atoms with Gasteiger partial charge in [0.25, 0.3) is 5.24 Å². The van der Waals surface area contributed by atoms with Gasteiger partial charge in [-0.15, -0.1) is 10.2 Å². The van der Waals surface area contributed by atoms with Crippen molar-refractivity contribution in [2.45, 2.75) is 16.0 Å². The molecule has 7 nitrogen and oxygen atoms in total. The quantitative estimate of drug-likeness (QED) is 0.538. The number of nitrogens with zero attached hydrogens (tertiary/aromatic N) is 2. The van der Waals surface area contributed by atoms with Crippen LogP contribution >= 0.6 is 34.9 Å². The Morgan fingerprint density at radius 2 is 2.08 bits per heavy atom. The van der Waals surface area contributed by atoms with Crippen LogP contribution in [-0.2, 0) is 9.59 Å². The minimum absolute atomic E-state index is 0.0793. The monoisotopic (exact) mass is 406 g/mol. The van der Waals surface area contributed by atoms with Gasteiger partial charge in [0.1, 0.15) is 5.25 Å². The molecule has 1 aromatic carbocycles. The van der Waals surface area contributed by atoms with Gasteiger partial charge in [-0.1, -0.05) is 77.3 Å². The first kappa shape index (κ1) is 18.6. The van der Waals surface area contributed by atoms with E-state index in [2.05, 4.69) is 20.8 Å². The van der Waals surface area contributed by atoms with E-state index in [9.17, 15) is 14.4 Å². The highest BCUT2D eigenvalue weighted by Gasteiger charge is 2.33. The van der Waals surface area contributed by atoms with Gasteiger partial charge in [0.05, 0.1) is 0 Å². The first-order chi connectivity index (χ1) is 12.6. The highest BCUT2D eigenvalue weighted by atomic mass is 32.2. The van der Waals surface area contributed by atoms with Crippen molar-refractivity contribution in [1.29, 1.82) is 0 Å². The molecule has 2 heterocycles. The van der Waals surface area contributed by atoms with Crippen molar-refractivity contribution in [3.8, 4) is 0 Å². The van der Waals surface area contributed by atoms with Crippen molar-refractivity contribution in [1.82, 2.24) is 15.5 Å². The molecular formula is C16H14N4O3S3. The van der Waals surface area contributed by atoms with Crippen LogP contribution in [0.4, 0.5) is 9.93 Å². The van der Waals surface area contributed by atoms with Gasteiger partial charge in [-0.2, -0.15) is 0 Å². The second-order valence-corrected chi connectivity index (χ2v) is 8.55. The molecule has 1 fully saturated rings. The summed E-state index contributed by atoms with van der Waals surface area (Å²) in [5, 5.41) is 12.0. The first-order valence-corrected chi connectivity index (χ1v) is 10.3. The smallest absolute Gasteiger partial charge is 0.286 e. The number of aromatic nitrogens is 2. The van der Waals surface area contributed by atoms with E-state index < -0.39 is 16.4 Å². The van der Waals surface area contributed by atoms with Crippen molar-refractivity contribution in [3.63, 3.8) is 0 Å². The van der Waals surface area contributed by atoms with Crippen LogP contribution in [0.25, 0.3) is 6.08 Å². The molecule has 0 aliphatic carbocycles. The zero-order chi connectivity index (χ0) is 18.4. The number of benzene rings is 1. The van der Waals surface area contributed by atoms with Crippen LogP contribution in [0, 0.1) is 0 Å². The summed E-state index contributed by atoms with van der Waals surface area (Å²) < 4.78 is 0.737. The van der Waals surface area contributed by atoms with Gasteiger partial charge >= 0.3 is 0 Å². The molecule has 0 bridgehead atoms. The van der Waals surface area contributed by atoms with E-state index in [1.165, 1.54) is 23.1 Å². The van der Waals surface area contributed by atoms with Crippen molar-refractivity contribution in [2.24, 2.45) is 0 Å². The lowest BCUT2D eigenvalue weighted by molar-refractivity contribution is -0.122. The Bertz CT molecular complexity index is 838. The number of carbonyl (C=O) groups is 3. The average molecular weight is 407 g/mol. The van der Waals surface area contributed by atoms with E-state index in [1.807, 2.05) is 42.5 Å². The predicted octanol–water partition coefficient (Wildman–Crippen LogP) is 3.02. The molecule has 2 N–H and O–H groups in total. The minimum Gasteiger partial charge on any atom is -0.300 e. The molecule has 1 aliphatic rings. The van der Waals surface area contributed by atoms with Gasteiger partial charge in [0.2, 0.25) is 16.9 Å². The number of hydrogen-bond donors (Lipinski definition) is 2. The molecular weight excluding hydrogens is 392 g/mol. The molecule has 26 heavy (non-hydrogen) atoms. The Kier molecular flexibility index (Phi) is 6.42. The molecule has 1 saturated heterocycles. The fourth-order valence-corrected chi connectivity index (χ4v) is 4.48. The second kappa shape index (κ2) is 8.97. The number of carbonyl (C=O) groups excluding carboxylic acids is 3. The summed E-state index contributed by atoms with van der Waals surface area (Å²) >= 11 is 3.61. The Hall–Kier alpha value is -2.17. The summed E-state index contributed by atoms with van der Waals surface area (Å²) in [5.74, 6) is -0.0729. The topological polar surface area (TPSA) is 101 Å². The van der Waals surface area contributed by atoms with Crippen LogP contribution in [0.2, 0.25) is 0 Å². The van der Waals surface area contributed by atoms with Gasteiger partial charge in [-0.25, -0.2) is 0 Å². The third-order valence-corrected chi connectivity index (χ3v) is 6.11. The molecule has 3 amide bonds. The Morgan fingerprint density at radius 1 is 1.27 bits per heavy atom. The first-order valence-electron chi connectivity index (χ1n) is 7.59. The van der Waals surface area contributed by atoms with Crippen LogP contribution in [0.5, 0.6) is 0 Å². The van der Waals surface area contributed by atoms with E-state index in [4.69, 9.17) is 0 Å². The lowest BCUT2D eigenvalue weighted by Gasteiger charge is -2.03. The molecule has 0 saturated carbocycles. The van der Waals surface area contributed by atoms with E-state index >= 15 is 0 Å². The van der Waals surface area contributed by atoms with Crippen LogP contribution in [0.1, 0.15) is 12.0 Å². The van der Waals surface area contributed by atoms with Crippen molar-refractivity contribution >= 4 is 63.1 Å². The number of anilines is 1. The molecule has 3 rings (SSSR count). The fourth-order valence-electron chi connectivity index (χ4n) is 2.05. The molecule has 134 valence electrons. The Labute approximate surface area is 162 Å². The summed E-state index contributed by atoms with van der Waals surface area (Å²) in [7, 11) is 0. The number of hydrogen-bond acceptors (Lipinski definition) is 8. The molecule has 2 aromatic rings. The second-order valence-electron chi connectivity index (χ2n) is 5.13. The SMILES string of the molecule is O=C(CC1SC(=O)NC1=O)Nc1nnc(SC/C=C/c2ccccc2)s1. The molecule has 1 aliphatic heterocycles. The van der Waals surface area contributed by atoms with Crippen LogP contribution < -0.4 is 10.6 Å². The fraction of sp³-hybridized carbons (Fsp3) is 0.188. The van der Waals surface area contributed by atoms with Gasteiger partial charge < -0.3 is 5.32 Å². The maximum atomic E-state index is 12.0. The predicted molar refractivity (Wildman–Crippen MR) is 104 cm³/mol. The molecule has 10 heteroatoms. The van der Waals surface area contributed by atoms with Crippen molar-refractivity contribution < 1.29 is 14.4 Å². The molecule has 1 unspecified atom stereocenters. The maximum Gasteiger partial charge on any atom is 0.286 e. The standard InChI is InChI=1S/C16H14N4O3S3/c21-12(9-11-13(22)18-15(23)25-11)17-14-19-20-16(26-14)24-8-4-7-10-5-2-1-3-6-10/h1-7,11H,8-9H2,(H,17,19,21)(H,18,22,23)/b7-4+. The van der Waals surface area contributed by atoms with Crippen molar-refractivity contribution in [3.05, 3.63) is 42.0 Å². The highest BCUT2D eigenvalue weighted by Crippen LogP contribution is 2.27. The number of amides is 3. The normalized spacial score (nSPS) is 16.8. The summed E-state index contributed by atoms with van der Waals surface area (Å²) in [6, 6.07) is 9.98. The zero-order valence-electron chi connectivity index (χ0n) is 13.4. The maximum absolute atomic E-state index is 12.0. The average Bonchev–Trinajstić information content (AvgIpc) is 3.18. The van der Waals surface area contributed by atoms with E-state index in [0.717, 1.165) is 27.4 Å². The molecule has 0 spiro atoms. The number of thioether (sulfide) groups is 2. The third-order valence-electron chi connectivity index (χ3n) is 3.20. The van der Waals surface area contributed by atoms with Gasteiger partial charge in [0.15, 0.2) is 4.34 Å². The lowest BCUT2D eigenvalue weighted by Crippen LogP contribution is -2.27. The van der Waals surface area contributed by atoms with Crippen LogP contribution in [0.15, 0.2) is 40.7 Å². The molecule has 1 aromatic heterocycles.